The van der Waals surface area contributed by atoms with Crippen molar-refractivity contribution in [1.82, 2.24) is 0 Å². The average molecular weight is 355 g/mol. The molecule has 2 saturated heterocycles. The van der Waals surface area contributed by atoms with E-state index in [9.17, 15) is 10.1 Å². The molecule has 2 fully saturated rings. The van der Waals surface area contributed by atoms with E-state index in [1.165, 1.54) is 6.07 Å². The van der Waals surface area contributed by atoms with Gasteiger partial charge < -0.3 is 14.4 Å². The largest absolute Gasteiger partial charge is 0.381 e. The molecule has 1 aromatic rings. The van der Waals surface area contributed by atoms with Gasteiger partial charge in [-0.25, -0.2) is 0 Å². The zero-order valence-corrected chi connectivity index (χ0v) is 14.6. The van der Waals surface area contributed by atoms with Crippen molar-refractivity contribution in [1.29, 1.82) is 0 Å². The molecule has 2 heterocycles. The van der Waals surface area contributed by atoms with E-state index in [4.69, 9.17) is 21.1 Å². The summed E-state index contributed by atoms with van der Waals surface area (Å²) in [6.07, 6.45) is 3.26. The number of nitrogens with zero attached hydrogens (tertiary/aromatic N) is 2. The van der Waals surface area contributed by atoms with E-state index in [2.05, 4.69) is 4.90 Å². The molecular weight excluding hydrogens is 332 g/mol. The highest BCUT2D eigenvalue weighted by Gasteiger charge is 2.25. The van der Waals surface area contributed by atoms with E-state index in [0.717, 1.165) is 57.9 Å². The molecule has 0 spiro atoms. The minimum absolute atomic E-state index is 0.0701. The van der Waals surface area contributed by atoms with Crippen LogP contribution in [0.4, 0.5) is 11.4 Å². The van der Waals surface area contributed by atoms with Gasteiger partial charge in [-0.15, -0.1) is 0 Å². The van der Waals surface area contributed by atoms with Gasteiger partial charge in [0.15, 0.2) is 0 Å². The third-order valence-corrected chi connectivity index (χ3v) is 5.14. The summed E-state index contributed by atoms with van der Waals surface area (Å²) in [5.74, 6) is 0.537. The van der Waals surface area contributed by atoms with Crippen molar-refractivity contribution < 1.29 is 14.4 Å². The van der Waals surface area contributed by atoms with Crippen molar-refractivity contribution >= 4 is 23.0 Å². The molecule has 0 radical (unpaired) electrons. The van der Waals surface area contributed by atoms with Gasteiger partial charge >= 0.3 is 0 Å². The Bertz CT molecular complexity index is 596. The Morgan fingerprint density at radius 2 is 2.12 bits per heavy atom. The average Bonchev–Trinajstić information content (AvgIpc) is 3.08. The Labute approximate surface area is 146 Å². The van der Waals surface area contributed by atoms with Crippen molar-refractivity contribution in [3.05, 3.63) is 32.8 Å². The smallest absolute Gasteiger partial charge is 0.273 e. The topological polar surface area (TPSA) is 64.8 Å². The number of ether oxygens (including phenoxy) is 2. The highest BCUT2D eigenvalue weighted by Crippen LogP contribution is 2.34. The summed E-state index contributed by atoms with van der Waals surface area (Å²) in [6.45, 7) is 5.89. The third-order valence-electron chi connectivity index (χ3n) is 4.84. The van der Waals surface area contributed by atoms with Gasteiger partial charge in [0.05, 0.1) is 35.0 Å². The Balaban J connectivity index is 1.56. The first kappa shape index (κ1) is 17.5. The van der Waals surface area contributed by atoms with Gasteiger partial charge in [-0.05, 0) is 32.3 Å². The number of halogens is 1. The van der Waals surface area contributed by atoms with Crippen molar-refractivity contribution in [3.63, 3.8) is 0 Å². The summed E-state index contributed by atoms with van der Waals surface area (Å²) in [5.41, 5.74) is 1.59. The number of rotatable bonds is 5. The molecule has 0 N–H and O–H groups in total. The van der Waals surface area contributed by atoms with Gasteiger partial charge in [-0.2, -0.15) is 0 Å². The lowest BCUT2D eigenvalue weighted by atomic mass is 10.1. The van der Waals surface area contributed by atoms with E-state index in [1.807, 2.05) is 6.07 Å². The highest BCUT2D eigenvalue weighted by molar-refractivity contribution is 6.33. The Morgan fingerprint density at radius 1 is 1.38 bits per heavy atom. The number of anilines is 1. The normalized spacial score (nSPS) is 22.1. The van der Waals surface area contributed by atoms with Crippen LogP contribution in [0.3, 0.4) is 0 Å². The molecule has 6 nitrogen and oxygen atoms in total. The summed E-state index contributed by atoms with van der Waals surface area (Å²) in [5, 5.41) is 11.4. The molecule has 0 aliphatic carbocycles. The molecule has 1 aromatic carbocycles. The summed E-state index contributed by atoms with van der Waals surface area (Å²) in [4.78, 5) is 12.8. The summed E-state index contributed by atoms with van der Waals surface area (Å²) in [7, 11) is 0. The van der Waals surface area contributed by atoms with Crippen molar-refractivity contribution in [2.45, 2.75) is 32.3 Å². The summed E-state index contributed by atoms with van der Waals surface area (Å²) < 4.78 is 11.4. The number of benzene rings is 1. The van der Waals surface area contributed by atoms with Crippen molar-refractivity contribution in [2.24, 2.45) is 5.92 Å². The number of nitro groups is 1. The van der Waals surface area contributed by atoms with Crippen LogP contribution in [0.1, 0.15) is 24.8 Å². The van der Waals surface area contributed by atoms with Gasteiger partial charge in [0, 0.05) is 37.2 Å². The highest BCUT2D eigenvalue weighted by atomic mass is 35.5. The maximum atomic E-state index is 11.0. The second kappa shape index (κ2) is 7.68. The lowest BCUT2D eigenvalue weighted by Gasteiger charge is -2.34. The predicted molar refractivity (Wildman–Crippen MR) is 93.0 cm³/mol. The monoisotopic (exact) mass is 354 g/mol. The number of aryl methyl sites for hydroxylation is 1. The van der Waals surface area contributed by atoms with Gasteiger partial charge in [-0.3, -0.25) is 10.1 Å². The molecule has 0 amide bonds. The number of hydrogen-bond donors (Lipinski definition) is 0. The summed E-state index contributed by atoms with van der Waals surface area (Å²) in [6, 6.07) is 3.27. The van der Waals surface area contributed by atoms with Crippen LogP contribution in [0.2, 0.25) is 5.02 Å². The predicted octanol–water partition coefficient (Wildman–Crippen LogP) is 3.58. The van der Waals surface area contributed by atoms with E-state index in [1.54, 1.807) is 6.92 Å². The first-order valence-corrected chi connectivity index (χ1v) is 8.81. The first-order valence-electron chi connectivity index (χ1n) is 8.43. The van der Waals surface area contributed by atoms with Crippen LogP contribution in [0.5, 0.6) is 0 Å². The SMILES string of the molecule is Cc1cc(N2CCC(OCC3CCOC3)CC2)c(Cl)cc1[N+](=O)[O-]. The Kier molecular flexibility index (Phi) is 5.58. The van der Waals surface area contributed by atoms with Crippen molar-refractivity contribution in [3.8, 4) is 0 Å². The quantitative estimate of drug-likeness (QED) is 0.597. The third kappa shape index (κ3) is 3.99. The molecule has 1 unspecified atom stereocenters. The van der Waals surface area contributed by atoms with Crippen LogP contribution in [-0.2, 0) is 9.47 Å². The fourth-order valence-corrected chi connectivity index (χ4v) is 3.62. The lowest BCUT2D eigenvalue weighted by molar-refractivity contribution is -0.385. The van der Waals surface area contributed by atoms with Gasteiger partial charge in [-0.1, -0.05) is 11.6 Å². The summed E-state index contributed by atoms with van der Waals surface area (Å²) >= 11 is 6.27. The molecule has 3 rings (SSSR count). The van der Waals surface area contributed by atoms with E-state index in [0.29, 0.717) is 16.5 Å². The molecule has 24 heavy (non-hydrogen) atoms. The number of hydrogen-bond acceptors (Lipinski definition) is 5. The zero-order valence-electron chi connectivity index (χ0n) is 13.9. The minimum Gasteiger partial charge on any atom is -0.381 e. The molecular formula is C17H23ClN2O4. The molecule has 0 aromatic heterocycles. The fourth-order valence-electron chi connectivity index (χ4n) is 3.35. The van der Waals surface area contributed by atoms with Gasteiger partial charge in [0.1, 0.15) is 0 Å². The molecule has 0 bridgehead atoms. The fraction of sp³-hybridized carbons (Fsp3) is 0.647. The maximum absolute atomic E-state index is 11.0. The van der Waals surface area contributed by atoms with E-state index >= 15 is 0 Å². The lowest BCUT2D eigenvalue weighted by Crippen LogP contribution is -2.37. The van der Waals surface area contributed by atoms with Crippen LogP contribution in [0.15, 0.2) is 12.1 Å². The van der Waals surface area contributed by atoms with Crippen LogP contribution >= 0.6 is 11.6 Å². The molecule has 0 saturated carbocycles. The van der Waals surface area contributed by atoms with Crippen molar-refractivity contribution in [2.75, 3.05) is 37.8 Å². The Hall–Kier alpha value is -1.37. The maximum Gasteiger partial charge on any atom is 0.273 e. The number of nitro benzene ring substituents is 1. The molecule has 132 valence electrons. The van der Waals surface area contributed by atoms with Gasteiger partial charge in [0.25, 0.3) is 5.69 Å². The molecule has 7 heteroatoms. The zero-order chi connectivity index (χ0) is 17.1. The second-order valence-electron chi connectivity index (χ2n) is 6.60. The van der Waals surface area contributed by atoms with Gasteiger partial charge in [0.2, 0.25) is 0 Å². The molecule has 2 aliphatic rings. The van der Waals surface area contributed by atoms with Crippen LogP contribution in [0.25, 0.3) is 0 Å². The number of piperidine rings is 1. The minimum atomic E-state index is -0.391. The second-order valence-corrected chi connectivity index (χ2v) is 7.00. The van der Waals surface area contributed by atoms with Crippen LogP contribution in [-0.4, -0.2) is 43.9 Å². The van der Waals surface area contributed by atoms with Crippen LogP contribution in [0, 0.1) is 23.0 Å². The molecule has 2 aliphatic heterocycles. The first-order chi connectivity index (χ1) is 11.5. The standard InChI is InChI=1S/C17H23ClN2O4/c1-12-8-17(15(18)9-16(12)20(21)22)19-5-2-14(3-6-19)24-11-13-4-7-23-10-13/h8-9,13-14H,2-7,10-11H2,1H3. The van der Waals surface area contributed by atoms with E-state index < -0.39 is 4.92 Å². The molecule has 1 atom stereocenters. The Morgan fingerprint density at radius 3 is 2.75 bits per heavy atom. The van der Waals surface area contributed by atoms with E-state index in [-0.39, 0.29) is 11.8 Å². The van der Waals surface area contributed by atoms with Crippen LogP contribution < -0.4 is 4.90 Å².